The predicted molar refractivity (Wildman–Crippen MR) is 108 cm³/mol. The lowest BCUT2D eigenvalue weighted by Crippen LogP contribution is -2.21. The molecule has 0 aliphatic rings. The Morgan fingerprint density at radius 1 is 1.17 bits per heavy atom. The van der Waals surface area contributed by atoms with Crippen LogP contribution in [0, 0.1) is 26.9 Å². The summed E-state index contributed by atoms with van der Waals surface area (Å²) in [6.07, 6.45) is 1.52. The minimum absolute atomic E-state index is 0.00557. The van der Waals surface area contributed by atoms with Crippen LogP contribution in [0.4, 0.5) is 5.69 Å². The second-order valence-corrected chi connectivity index (χ2v) is 7.37. The molecule has 0 aliphatic heterocycles. The zero-order valence-electron chi connectivity index (χ0n) is 16.8. The summed E-state index contributed by atoms with van der Waals surface area (Å²) in [5, 5.41) is 20.1. The van der Waals surface area contributed by atoms with Crippen LogP contribution < -0.4 is 9.47 Å². The van der Waals surface area contributed by atoms with E-state index in [-0.39, 0.29) is 23.7 Å². The van der Waals surface area contributed by atoms with Crippen molar-refractivity contribution >= 4 is 17.5 Å². The van der Waals surface area contributed by atoms with Crippen LogP contribution in [-0.4, -0.2) is 17.8 Å². The Morgan fingerprint density at radius 3 is 2.34 bits per heavy atom. The van der Waals surface area contributed by atoms with Crippen LogP contribution >= 0.6 is 0 Å². The molecular formula is C22H22N2O5. The molecule has 2 rings (SSSR count). The number of carbonyl (C=O) groups excluding carboxylic acids is 1. The number of Topliss-reactive ketones (excluding diaryl/α,β-unsaturated/α-hetero) is 1. The Bertz CT molecular complexity index is 980. The van der Waals surface area contributed by atoms with E-state index in [0.29, 0.717) is 17.1 Å². The number of allylic oxidation sites excluding steroid dienone is 1. The molecule has 0 aromatic heterocycles. The van der Waals surface area contributed by atoms with E-state index in [2.05, 4.69) is 0 Å². The van der Waals surface area contributed by atoms with E-state index in [4.69, 9.17) is 9.47 Å². The van der Waals surface area contributed by atoms with E-state index in [9.17, 15) is 20.2 Å². The lowest BCUT2D eigenvalue weighted by atomic mass is 9.86. The van der Waals surface area contributed by atoms with Crippen molar-refractivity contribution in [1.29, 1.82) is 5.26 Å². The zero-order valence-corrected chi connectivity index (χ0v) is 16.8. The van der Waals surface area contributed by atoms with E-state index in [1.807, 2.05) is 6.07 Å². The molecule has 2 aromatic carbocycles. The molecule has 0 amide bonds. The minimum atomic E-state index is -0.663. The number of ether oxygens (including phenoxy) is 2. The summed E-state index contributed by atoms with van der Waals surface area (Å²) in [6, 6.07) is 13.1. The van der Waals surface area contributed by atoms with Gasteiger partial charge >= 0.3 is 0 Å². The lowest BCUT2D eigenvalue weighted by molar-refractivity contribution is -0.384. The van der Waals surface area contributed by atoms with Gasteiger partial charge in [0.05, 0.1) is 17.6 Å². The molecule has 0 bridgehead atoms. The molecule has 0 aliphatic carbocycles. The van der Waals surface area contributed by atoms with Crippen molar-refractivity contribution in [2.24, 2.45) is 5.41 Å². The monoisotopic (exact) mass is 394 g/mol. The number of carbonyl (C=O) groups is 1. The fourth-order valence-electron chi connectivity index (χ4n) is 2.49. The number of methoxy groups -OCH3 is 1. The van der Waals surface area contributed by atoms with E-state index < -0.39 is 10.3 Å². The molecule has 0 fully saturated rings. The summed E-state index contributed by atoms with van der Waals surface area (Å²) in [5.74, 6) is 0.675. The number of benzene rings is 2. The van der Waals surface area contributed by atoms with Gasteiger partial charge in [-0.05, 0) is 41.5 Å². The van der Waals surface area contributed by atoms with Gasteiger partial charge in [0.2, 0.25) is 0 Å². The highest BCUT2D eigenvalue weighted by Crippen LogP contribution is 2.30. The fourth-order valence-corrected chi connectivity index (χ4v) is 2.49. The maximum atomic E-state index is 12.4. The fraction of sp³-hybridized carbons (Fsp3) is 0.273. The van der Waals surface area contributed by atoms with Crippen LogP contribution in [0.15, 0.2) is 48.0 Å². The molecule has 29 heavy (non-hydrogen) atoms. The third-order valence-electron chi connectivity index (χ3n) is 4.09. The van der Waals surface area contributed by atoms with E-state index >= 15 is 0 Å². The van der Waals surface area contributed by atoms with Gasteiger partial charge in [-0.1, -0.05) is 26.8 Å². The Hall–Kier alpha value is -3.66. The number of nitro groups is 1. The highest BCUT2D eigenvalue weighted by molar-refractivity contribution is 6.06. The number of hydrogen-bond donors (Lipinski definition) is 0. The SMILES string of the molecule is COc1ccc(/C=C(\C#N)C(=O)C(C)(C)C)cc1OCc1ccc([N+](=O)[O-])cc1. The standard InChI is InChI=1S/C22H22N2O5/c1-22(2,3)21(25)17(13-23)11-16-7-10-19(28-4)20(12-16)29-14-15-5-8-18(9-6-15)24(26)27/h5-12H,14H2,1-4H3/b17-11+. The summed E-state index contributed by atoms with van der Waals surface area (Å²) in [4.78, 5) is 22.7. The number of non-ortho nitro benzene ring substituents is 1. The van der Waals surface area contributed by atoms with Crippen LogP contribution in [0.3, 0.4) is 0 Å². The van der Waals surface area contributed by atoms with Gasteiger partial charge in [-0.25, -0.2) is 0 Å². The van der Waals surface area contributed by atoms with Gasteiger partial charge in [0.1, 0.15) is 12.7 Å². The smallest absolute Gasteiger partial charge is 0.269 e. The van der Waals surface area contributed by atoms with Gasteiger partial charge in [0.15, 0.2) is 17.3 Å². The number of nitriles is 1. The van der Waals surface area contributed by atoms with Crippen LogP contribution in [-0.2, 0) is 11.4 Å². The molecule has 0 unspecified atom stereocenters. The molecule has 150 valence electrons. The highest BCUT2D eigenvalue weighted by atomic mass is 16.6. The number of ketones is 1. The van der Waals surface area contributed by atoms with Crippen LogP contribution in [0.2, 0.25) is 0 Å². The maximum Gasteiger partial charge on any atom is 0.269 e. The van der Waals surface area contributed by atoms with Crippen molar-refractivity contribution in [2.75, 3.05) is 7.11 Å². The molecule has 7 heteroatoms. The number of hydrogen-bond acceptors (Lipinski definition) is 6. The third kappa shape index (κ3) is 5.66. The predicted octanol–water partition coefficient (Wildman–Crippen LogP) is 4.70. The maximum absolute atomic E-state index is 12.4. The Morgan fingerprint density at radius 2 is 1.83 bits per heavy atom. The first-order valence-corrected chi connectivity index (χ1v) is 8.86. The van der Waals surface area contributed by atoms with Crippen molar-refractivity contribution in [3.8, 4) is 17.6 Å². The minimum Gasteiger partial charge on any atom is -0.493 e. The van der Waals surface area contributed by atoms with Crippen molar-refractivity contribution in [1.82, 2.24) is 0 Å². The van der Waals surface area contributed by atoms with Gasteiger partial charge < -0.3 is 9.47 Å². The van der Waals surface area contributed by atoms with Gasteiger partial charge in [-0.3, -0.25) is 14.9 Å². The zero-order chi connectivity index (χ0) is 21.6. The second kappa shape index (κ2) is 9.02. The van der Waals surface area contributed by atoms with Crippen molar-refractivity contribution in [3.63, 3.8) is 0 Å². The molecule has 0 atom stereocenters. The first kappa shape index (κ1) is 21.6. The molecule has 0 saturated heterocycles. The largest absolute Gasteiger partial charge is 0.493 e. The molecule has 0 heterocycles. The molecule has 0 radical (unpaired) electrons. The Balaban J connectivity index is 2.26. The molecule has 0 spiro atoms. The number of rotatable bonds is 7. The summed E-state index contributed by atoms with van der Waals surface area (Å²) in [7, 11) is 1.51. The summed E-state index contributed by atoms with van der Waals surface area (Å²) in [6.45, 7) is 5.45. The van der Waals surface area contributed by atoms with Crippen LogP contribution in [0.1, 0.15) is 31.9 Å². The van der Waals surface area contributed by atoms with Crippen LogP contribution in [0.25, 0.3) is 6.08 Å². The van der Waals surface area contributed by atoms with E-state index in [0.717, 1.165) is 5.56 Å². The Kier molecular flexibility index (Phi) is 6.73. The van der Waals surface area contributed by atoms with Crippen molar-refractivity contribution < 1.29 is 19.2 Å². The summed E-state index contributed by atoms with van der Waals surface area (Å²) < 4.78 is 11.1. The molecular weight excluding hydrogens is 372 g/mol. The topological polar surface area (TPSA) is 102 Å². The molecule has 2 aromatic rings. The Labute approximate surface area is 169 Å². The molecule has 7 nitrogen and oxygen atoms in total. The first-order valence-electron chi connectivity index (χ1n) is 8.86. The third-order valence-corrected chi connectivity index (χ3v) is 4.09. The lowest BCUT2D eigenvalue weighted by Gasteiger charge is -2.16. The molecule has 0 N–H and O–H groups in total. The van der Waals surface area contributed by atoms with Crippen LogP contribution in [0.5, 0.6) is 11.5 Å². The van der Waals surface area contributed by atoms with Gasteiger partial charge in [0.25, 0.3) is 5.69 Å². The van der Waals surface area contributed by atoms with Gasteiger partial charge in [-0.15, -0.1) is 0 Å². The average Bonchev–Trinajstić information content (AvgIpc) is 2.69. The van der Waals surface area contributed by atoms with Crippen molar-refractivity contribution in [3.05, 3.63) is 69.3 Å². The summed E-state index contributed by atoms with van der Waals surface area (Å²) >= 11 is 0. The number of nitro benzene ring substituents is 1. The first-order chi connectivity index (χ1) is 13.7. The highest BCUT2D eigenvalue weighted by Gasteiger charge is 2.25. The van der Waals surface area contributed by atoms with Gasteiger partial charge in [-0.2, -0.15) is 5.26 Å². The normalized spacial score (nSPS) is 11.5. The number of nitrogens with zero attached hydrogens (tertiary/aromatic N) is 2. The second-order valence-electron chi connectivity index (χ2n) is 7.37. The quantitative estimate of drug-likeness (QED) is 0.292. The van der Waals surface area contributed by atoms with E-state index in [1.165, 1.54) is 25.3 Å². The summed E-state index contributed by atoms with van der Waals surface area (Å²) in [5.41, 5.74) is 0.774. The van der Waals surface area contributed by atoms with Crippen molar-refractivity contribution in [2.45, 2.75) is 27.4 Å². The average molecular weight is 394 g/mol. The molecule has 0 saturated carbocycles. The van der Waals surface area contributed by atoms with E-state index in [1.54, 1.807) is 51.1 Å². The van der Waals surface area contributed by atoms with Gasteiger partial charge in [0, 0.05) is 17.5 Å².